The highest BCUT2D eigenvalue weighted by atomic mass is 28.3. The maximum absolute atomic E-state index is 2.67. The van der Waals surface area contributed by atoms with E-state index in [1.807, 2.05) is 0 Å². The Labute approximate surface area is 542 Å². The van der Waals surface area contributed by atoms with Gasteiger partial charge in [-0.25, -0.2) is 0 Å². The third-order valence-corrected chi connectivity index (χ3v) is 28.2. The molecule has 0 aliphatic rings. The molecule has 0 saturated carbocycles. The second-order valence-electron chi connectivity index (χ2n) is 23.8. The zero-order valence-electron chi connectivity index (χ0n) is 51.1. The molecule has 15 aromatic carbocycles. The molecule has 0 nitrogen and oxygen atoms in total. The van der Waals surface area contributed by atoms with Crippen molar-refractivity contribution >= 4 is 102 Å². The van der Waals surface area contributed by atoms with Crippen molar-refractivity contribution < 1.29 is 0 Å². The Kier molecular flexibility index (Phi) is 16.0. The molecular weight excluding hydrogens is 1140 g/mol. The summed E-state index contributed by atoms with van der Waals surface area (Å²) in [5.41, 5.74) is 14.2. The number of fused-ring (bicyclic) bond motifs is 2. The van der Waals surface area contributed by atoms with Crippen molar-refractivity contribution in [3.63, 3.8) is 0 Å². The lowest BCUT2D eigenvalue weighted by atomic mass is 9.85. The molecule has 0 N–H and O–H groups in total. The van der Waals surface area contributed by atoms with Crippen LogP contribution in [0.4, 0.5) is 0 Å². The maximum Gasteiger partial charge on any atom is 0.179 e. The summed E-state index contributed by atoms with van der Waals surface area (Å²) in [5.74, 6) is 0. The zero-order valence-corrected chi connectivity index (χ0v) is 53.1. The van der Waals surface area contributed by atoms with Gasteiger partial charge in [0.1, 0.15) is 0 Å². The zero-order chi connectivity index (χ0) is 61.5. The minimum absolute atomic E-state index is 1.15. The lowest BCUT2D eigenvalue weighted by Gasteiger charge is -2.34. The molecule has 0 radical (unpaired) electrons. The molecule has 2 heteroatoms. The van der Waals surface area contributed by atoms with Crippen LogP contribution in [0.5, 0.6) is 0 Å². The number of rotatable bonds is 16. The minimum Gasteiger partial charge on any atom is -0.0623 e. The second kappa shape index (κ2) is 25.7. The Morgan fingerprint density at radius 1 is 0.174 bits per heavy atom. The van der Waals surface area contributed by atoms with Gasteiger partial charge in [-0.3, -0.25) is 0 Å². The molecule has 15 aromatic rings. The van der Waals surface area contributed by atoms with Crippen molar-refractivity contribution in [1.82, 2.24) is 0 Å². The van der Waals surface area contributed by atoms with Crippen molar-refractivity contribution in [2.75, 3.05) is 0 Å². The maximum atomic E-state index is 2.39. The van der Waals surface area contributed by atoms with E-state index in [0.29, 0.717) is 0 Å². The Hall–Kier alpha value is -11.3. The molecule has 434 valence electrons. The van der Waals surface area contributed by atoms with Crippen molar-refractivity contribution in [3.8, 4) is 22.3 Å². The van der Waals surface area contributed by atoms with Crippen LogP contribution in [0.25, 0.3) is 67.1 Å². The van der Waals surface area contributed by atoms with E-state index in [4.69, 9.17) is 0 Å². The lowest BCUT2D eigenvalue weighted by molar-refractivity contribution is 1.54. The van der Waals surface area contributed by atoms with Crippen molar-refractivity contribution in [2.24, 2.45) is 0 Å². The van der Waals surface area contributed by atoms with Crippen LogP contribution < -0.4 is 41.5 Å². The first-order valence-corrected chi connectivity index (χ1v) is 35.9. The number of hydrogen-bond donors (Lipinski definition) is 0. The molecule has 0 aliphatic heterocycles. The summed E-state index contributed by atoms with van der Waals surface area (Å²) in [7, 11) is -5.34. The molecule has 0 aromatic heterocycles. The van der Waals surface area contributed by atoms with E-state index >= 15 is 0 Å². The molecular formula is C90H66Si2. The van der Waals surface area contributed by atoms with Gasteiger partial charge >= 0.3 is 0 Å². The topological polar surface area (TPSA) is 0 Å². The van der Waals surface area contributed by atoms with Gasteiger partial charge < -0.3 is 0 Å². The average molecular weight is 1200 g/mol. The van der Waals surface area contributed by atoms with Crippen molar-refractivity contribution in [1.29, 1.82) is 0 Å². The van der Waals surface area contributed by atoms with Crippen LogP contribution in [0.15, 0.2) is 388 Å². The van der Waals surface area contributed by atoms with Crippen LogP contribution in [0, 0.1) is 0 Å². The fourth-order valence-corrected chi connectivity index (χ4v) is 23.9. The van der Waals surface area contributed by atoms with Gasteiger partial charge in [-0.1, -0.05) is 388 Å². The predicted octanol–water partition coefficient (Wildman–Crippen LogP) is 17.3. The van der Waals surface area contributed by atoms with Gasteiger partial charge in [0.15, 0.2) is 16.1 Å². The van der Waals surface area contributed by atoms with Crippen LogP contribution in [-0.4, -0.2) is 16.1 Å². The van der Waals surface area contributed by atoms with E-state index in [2.05, 4.69) is 400 Å². The Morgan fingerprint density at radius 2 is 0.370 bits per heavy atom. The summed E-state index contributed by atoms with van der Waals surface area (Å²) in [4.78, 5) is 0. The van der Waals surface area contributed by atoms with E-state index in [9.17, 15) is 0 Å². The normalized spacial score (nSPS) is 12.0. The van der Waals surface area contributed by atoms with Crippen LogP contribution in [-0.2, 0) is 0 Å². The highest BCUT2D eigenvalue weighted by Crippen LogP contribution is 2.44. The third kappa shape index (κ3) is 10.7. The summed E-state index contributed by atoms with van der Waals surface area (Å²) in [6.45, 7) is 0. The molecule has 15 rings (SSSR count). The summed E-state index contributed by atoms with van der Waals surface area (Å²) in [5, 5.41) is 15.8. The lowest BCUT2D eigenvalue weighted by Crippen LogP contribution is -2.74. The molecule has 0 heterocycles. The monoisotopic (exact) mass is 1200 g/mol. The average Bonchev–Trinajstić information content (AvgIpc) is 0.767. The van der Waals surface area contributed by atoms with E-state index in [-0.39, 0.29) is 0 Å². The van der Waals surface area contributed by atoms with Crippen molar-refractivity contribution in [3.05, 3.63) is 422 Å². The van der Waals surface area contributed by atoms with Gasteiger partial charge in [0, 0.05) is 0 Å². The number of hydrogen-bond acceptors (Lipinski definition) is 0. The largest absolute Gasteiger partial charge is 0.179 e. The van der Waals surface area contributed by atoms with Crippen LogP contribution in [0.2, 0.25) is 0 Å². The van der Waals surface area contributed by atoms with Gasteiger partial charge in [0.05, 0.1) is 0 Å². The van der Waals surface area contributed by atoms with Gasteiger partial charge in [-0.2, -0.15) is 0 Å². The van der Waals surface area contributed by atoms with Crippen LogP contribution in [0.3, 0.4) is 0 Å². The molecule has 0 spiro atoms. The van der Waals surface area contributed by atoms with E-state index in [1.54, 1.807) is 0 Å². The fraction of sp³-hybridized carbons (Fsp3) is 0. The molecule has 0 atom stereocenters. The smallest absolute Gasteiger partial charge is 0.0623 e. The number of benzene rings is 15. The molecule has 0 bridgehead atoms. The Morgan fingerprint density at radius 3 is 0.609 bits per heavy atom. The van der Waals surface area contributed by atoms with Crippen LogP contribution >= 0.6 is 0 Å². The summed E-state index contributed by atoms with van der Waals surface area (Å²) in [6.07, 6.45) is 4.73. The van der Waals surface area contributed by atoms with Gasteiger partial charge in [-0.15, -0.1) is 0 Å². The summed E-state index contributed by atoms with van der Waals surface area (Å²) >= 11 is 0. The molecule has 0 saturated heterocycles. The highest BCUT2D eigenvalue weighted by molar-refractivity contribution is 7.20. The third-order valence-electron chi connectivity index (χ3n) is 18.6. The second-order valence-corrected chi connectivity index (χ2v) is 31.4. The van der Waals surface area contributed by atoms with Crippen LogP contribution in [0.1, 0.15) is 33.4 Å². The Balaban J connectivity index is 0.781. The van der Waals surface area contributed by atoms with Gasteiger partial charge in [-0.05, 0) is 142 Å². The SMILES string of the molecule is C(=C(c1ccccc1)c1ccc(-c2c3ccccc3c(-c3ccc(C(=Cc4ccc([Si](c5ccccc5)(c5ccccc5)c5ccccc5)cc4)c4ccccc4)cc3)c3ccccc23)cc1)c1ccc([Si](c2ccccc2)(c2ccccc2)c2ccccc2)cc1. The molecule has 92 heavy (non-hydrogen) atoms. The molecule has 0 aliphatic carbocycles. The molecule has 0 amide bonds. The molecule has 0 fully saturated rings. The highest BCUT2D eigenvalue weighted by Gasteiger charge is 2.42. The fourth-order valence-electron chi connectivity index (χ4n) is 14.4. The summed E-state index contributed by atoms with van der Waals surface area (Å²) < 4.78 is 0. The van der Waals surface area contributed by atoms with Gasteiger partial charge in [0.25, 0.3) is 0 Å². The van der Waals surface area contributed by atoms with E-state index in [1.165, 1.54) is 108 Å². The first kappa shape index (κ1) is 57.2. The van der Waals surface area contributed by atoms with Crippen molar-refractivity contribution in [2.45, 2.75) is 0 Å². The van der Waals surface area contributed by atoms with E-state index < -0.39 is 16.1 Å². The first-order chi connectivity index (χ1) is 45.6. The van der Waals surface area contributed by atoms with E-state index in [0.717, 1.165) is 22.3 Å². The summed E-state index contributed by atoms with van der Waals surface area (Å²) in [6, 6.07) is 144. The minimum atomic E-state index is -2.67. The Bertz CT molecular complexity index is 4460. The van der Waals surface area contributed by atoms with Gasteiger partial charge in [0.2, 0.25) is 0 Å². The molecule has 0 unspecified atom stereocenters. The predicted molar refractivity (Wildman–Crippen MR) is 399 cm³/mol. The first-order valence-electron chi connectivity index (χ1n) is 31.9. The standard InChI is InChI=1S/C90H66Si2/c1-9-29-69(30-10-1)87(65-67-49-61-81(62-50-67)91(75-33-13-3-14-34-75,76-35-15-4-16-36-76)77-37-17-5-18-38-77)71-53-57-73(58-54-71)89-83-45-25-27-47-85(83)90(86-48-28-26-46-84(86)89)74-59-55-72(56-60-74)88(70-31-11-2-12-32-70)66-68-51-63-82(64-52-68)92(78-39-19-6-20-40-78,79-41-21-7-22-42-79)80-43-23-8-24-44-80/h1-66H. The quantitative estimate of drug-likeness (QED) is 0.0391.